The van der Waals surface area contributed by atoms with Crippen molar-refractivity contribution in [3.8, 4) is 0 Å². The summed E-state index contributed by atoms with van der Waals surface area (Å²) >= 11 is 0. The van der Waals surface area contributed by atoms with E-state index in [1.807, 2.05) is 0 Å². The Morgan fingerprint density at radius 1 is 1.00 bits per heavy atom. The summed E-state index contributed by atoms with van der Waals surface area (Å²) in [7, 11) is 0. The van der Waals surface area contributed by atoms with Crippen molar-refractivity contribution >= 4 is 17.7 Å². The maximum atomic E-state index is 13.0. The van der Waals surface area contributed by atoms with Crippen molar-refractivity contribution in [2.75, 3.05) is 13.1 Å². The van der Waals surface area contributed by atoms with E-state index in [9.17, 15) is 14.4 Å². The van der Waals surface area contributed by atoms with E-state index in [1.54, 1.807) is 4.90 Å². The van der Waals surface area contributed by atoms with E-state index in [0.29, 0.717) is 37.8 Å². The first kappa shape index (κ1) is 17.6. The molecule has 0 atom stereocenters. The lowest BCUT2D eigenvalue weighted by Gasteiger charge is -2.60. The van der Waals surface area contributed by atoms with Crippen LogP contribution in [-0.2, 0) is 14.4 Å². The lowest BCUT2D eigenvalue weighted by atomic mass is 9.48. The number of hydrogen-bond donors (Lipinski definition) is 2. The molecule has 0 spiro atoms. The fourth-order valence-corrected chi connectivity index (χ4v) is 6.39. The van der Waals surface area contributed by atoms with Crippen molar-refractivity contribution in [1.82, 2.24) is 10.2 Å². The van der Waals surface area contributed by atoms with Gasteiger partial charge in [-0.1, -0.05) is 6.58 Å². The number of likely N-dealkylation sites (tertiary alicyclic amines) is 1. The zero-order valence-electron chi connectivity index (χ0n) is 15.3. The zero-order valence-corrected chi connectivity index (χ0v) is 15.3. The number of carbonyl (C=O) groups is 3. The Morgan fingerprint density at radius 3 is 2.00 bits per heavy atom. The molecule has 1 saturated heterocycles. The van der Waals surface area contributed by atoms with Crippen LogP contribution < -0.4 is 11.1 Å². The van der Waals surface area contributed by atoms with Crippen LogP contribution in [0.4, 0.5) is 0 Å². The highest BCUT2D eigenvalue weighted by molar-refractivity contribution is 5.92. The summed E-state index contributed by atoms with van der Waals surface area (Å²) in [4.78, 5) is 39.0. The first-order valence-electron chi connectivity index (χ1n) is 9.97. The number of nitrogens with two attached hydrogens (primary N) is 1. The van der Waals surface area contributed by atoms with Gasteiger partial charge in [-0.05, 0) is 74.7 Å². The van der Waals surface area contributed by atoms with E-state index in [4.69, 9.17) is 5.73 Å². The van der Waals surface area contributed by atoms with Crippen molar-refractivity contribution in [1.29, 1.82) is 0 Å². The highest BCUT2D eigenvalue weighted by Gasteiger charge is 2.61. The summed E-state index contributed by atoms with van der Waals surface area (Å²) in [6, 6.07) is 0. The lowest BCUT2D eigenvalue weighted by molar-refractivity contribution is -0.152. The Labute approximate surface area is 154 Å². The van der Waals surface area contributed by atoms with Crippen LogP contribution >= 0.6 is 0 Å². The number of carbonyl (C=O) groups excluding carboxylic acids is 3. The van der Waals surface area contributed by atoms with Crippen molar-refractivity contribution in [2.45, 2.75) is 50.5 Å². The van der Waals surface area contributed by atoms with Crippen LogP contribution in [0.15, 0.2) is 12.7 Å². The summed E-state index contributed by atoms with van der Waals surface area (Å²) in [5.41, 5.74) is 5.04. The van der Waals surface area contributed by atoms with Gasteiger partial charge in [-0.15, -0.1) is 0 Å². The average molecular weight is 359 g/mol. The first-order chi connectivity index (χ1) is 12.4. The standard InChI is InChI=1S/C20H29N3O3/c1-2-17(24)23-5-3-14(4-6-23)18(25)22-20(19(21)26)15-8-12-7-13(10-15)11-16(20)9-12/h2,12-16H,1,3-11H2,(H2,21,26)(H,22,25). The maximum Gasteiger partial charge on any atom is 0.245 e. The predicted molar refractivity (Wildman–Crippen MR) is 96.6 cm³/mol. The number of primary amides is 1. The van der Waals surface area contributed by atoms with Gasteiger partial charge in [0.25, 0.3) is 0 Å². The Kier molecular flexibility index (Phi) is 4.32. The first-order valence-corrected chi connectivity index (χ1v) is 9.97. The van der Waals surface area contributed by atoms with Gasteiger partial charge >= 0.3 is 0 Å². The molecule has 4 saturated carbocycles. The minimum absolute atomic E-state index is 0.0537. The minimum atomic E-state index is -0.849. The summed E-state index contributed by atoms with van der Waals surface area (Å²) in [6.07, 6.45) is 7.92. The molecule has 4 aliphatic carbocycles. The van der Waals surface area contributed by atoms with Gasteiger partial charge in [0.05, 0.1) is 0 Å². The molecule has 26 heavy (non-hydrogen) atoms. The smallest absolute Gasteiger partial charge is 0.245 e. The highest BCUT2D eigenvalue weighted by Crippen LogP contribution is 2.58. The molecular formula is C20H29N3O3. The molecule has 4 bridgehead atoms. The topological polar surface area (TPSA) is 92.5 Å². The molecule has 1 aliphatic heterocycles. The van der Waals surface area contributed by atoms with Crippen LogP contribution in [0.1, 0.15) is 44.9 Å². The average Bonchev–Trinajstić information content (AvgIpc) is 2.63. The van der Waals surface area contributed by atoms with Crippen molar-refractivity contribution in [2.24, 2.45) is 35.3 Å². The Bertz CT molecular complexity index is 608. The van der Waals surface area contributed by atoms with E-state index < -0.39 is 5.54 Å². The van der Waals surface area contributed by atoms with Gasteiger partial charge in [0.1, 0.15) is 5.54 Å². The fourth-order valence-electron chi connectivity index (χ4n) is 6.39. The van der Waals surface area contributed by atoms with Gasteiger partial charge in [0.2, 0.25) is 17.7 Å². The highest BCUT2D eigenvalue weighted by atomic mass is 16.2. The molecule has 6 nitrogen and oxygen atoms in total. The molecule has 0 aromatic carbocycles. The van der Waals surface area contributed by atoms with Gasteiger partial charge < -0.3 is 16.0 Å². The number of rotatable bonds is 4. The van der Waals surface area contributed by atoms with Crippen LogP contribution in [0.5, 0.6) is 0 Å². The molecule has 1 heterocycles. The van der Waals surface area contributed by atoms with Crippen molar-refractivity contribution in [3.05, 3.63) is 12.7 Å². The van der Waals surface area contributed by atoms with Gasteiger partial charge in [-0.3, -0.25) is 14.4 Å². The Morgan fingerprint density at radius 2 is 1.54 bits per heavy atom. The van der Waals surface area contributed by atoms with E-state index in [1.165, 1.54) is 12.5 Å². The van der Waals surface area contributed by atoms with Crippen LogP contribution in [-0.4, -0.2) is 41.2 Å². The molecule has 3 amide bonds. The molecule has 5 fully saturated rings. The minimum Gasteiger partial charge on any atom is -0.368 e. The molecule has 0 radical (unpaired) electrons. The molecule has 0 aromatic rings. The van der Waals surface area contributed by atoms with Gasteiger partial charge in [-0.2, -0.15) is 0 Å². The Hall–Kier alpha value is -1.85. The third-order valence-electron chi connectivity index (χ3n) is 7.52. The van der Waals surface area contributed by atoms with E-state index in [2.05, 4.69) is 11.9 Å². The van der Waals surface area contributed by atoms with Gasteiger partial charge in [0.15, 0.2) is 0 Å². The van der Waals surface area contributed by atoms with Gasteiger partial charge in [-0.25, -0.2) is 0 Å². The number of hydrogen-bond acceptors (Lipinski definition) is 3. The summed E-state index contributed by atoms with van der Waals surface area (Å²) in [6.45, 7) is 4.63. The third-order valence-corrected chi connectivity index (χ3v) is 7.52. The number of nitrogens with zero attached hydrogens (tertiary/aromatic N) is 1. The second-order valence-electron chi connectivity index (χ2n) is 8.83. The second kappa shape index (κ2) is 6.39. The van der Waals surface area contributed by atoms with Crippen LogP contribution in [0.25, 0.3) is 0 Å². The molecule has 142 valence electrons. The molecular weight excluding hydrogens is 330 g/mol. The van der Waals surface area contributed by atoms with Crippen LogP contribution in [0, 0.1) is 29.6 Å². The monoisotopic (exact) mass is 359 g/mol. The maximum absolute atomic E-state index is 13.0. The second-order valence-corrected chi connectivity index (χ2v) is 8.83. The molecule has 5 rings (SSSR count). The third kappa shape index (κ3) is 2.65. The largest absolute Gasteiger partial charge is 0.368 e. The van der Waals surface area contributed by atoms with Gasteiger partial charge in [0, 0.05) is 19.0 Å². The van der Waals surface area contributed by atoms with E-state index >= 15 is 0 Å². The van der Waals surface area contributed by atoms with Crippen LogP contribution in [0.2, 0.25) is 0 Å². The fraction of sp³-hybridized carbons (Fsp3) is 0.750. The summed E-state index contributed by atoms with van der Waals surface area (Å²) in [5.74, 6) is 1.16. The van der Waals surface area contributed by atoms with E-state index in [-0.39, 0.29) is 35.5 Å². The number of amides is 3. The molecule has 0 aromatic heterocycles. The Balaban J connectivity index is 1.46. The van der Waals surface area contributed by atoms with E-state index in [0.717, 1.165) is 25.7 Å². The molecule has 0 unspecified atom stereocenters. The lowest BCUT2D eigenvalue weighted by Crippen LogP contribution is -2.72. The van der Waals surface area contributed by atoms with Crippen LogP contribution in [0.3, 0.4) is 0 Å². The number of nitrogens with one attached hydrogen (secondary N) is 1. The predicted octanol–water partition coefficient (Wildman–Crippen LogP) is 1.21. The zero-order chi connectivity index (χ0) is 18.5. The number of piperidine rings is 1. The summed E-state index contributed by atoms with van der Waals surface area (Å²) in [5, 5.41) is 3.17. The summed E-state index contributed by atoms with van der Waals surface area (Å²) < 4.78 is 0. The molecule has 6 heteroatoms. The van der Waals surface area contributed by atoms with Crippen molar-refractivity contribution in [3.63, 3.8) is 0 Å². The SMILES string of the molecule is C=CC(=O)N1CCC(C(=O)NC2(C(N)=O)C3CC4CC(C3)CC2C4)CC1. The normalized spacial score (nSPS) is 38.8. The quantitative estimate of drug-likeness (QED) is 0.739. The molecule has 3 N–H and O–H groups in total. The van der Waals surface area contributed by atoms with Crippen molar-refractivity contribution < 1.29 is 14.4 Å². The molecule has 5 aliphatic rings.